The molecule has 2 heteroatoms. The van der Waals surface area contributed by atoms with E-state index >= 15 is 0 Å². The molecule has 1 saturated heterocycles. The summed E-state index contributed by atoms with van der Waals surface area (Å²) in [5.41, 5.74) is 5.81. The van der Waals surface area contributed by atoms with Crippen LogP contribution in [0.5, 0.6) is 0 Å². The van der Waals surface area contributed by atoms with Crippen molar-refractivity contribution in [2.75, 3.05) is 19.8 Å². The summed E-state index contributed by atoms with van der Waals surface area (Å²) in [5, 5.41) is 3.80. The van der Waals surface area contributed by atoms with Crippen LogP contribution in [0.15, 0.2) is 12.1 Å². The maximum absolute atomic E-state index is 5.54. The van der Waals surface area contributed by atoms with E-state index in [2.05, 4.69) is 45.1 Å². The Bertz CT molecular complexity index is 426. The standard InChI is InChI=1S/C19H31NO/c1-5-8-20-19(17-6-9-21-10-7-17)13-18-15(3)11-14(2)12-16(18)4/h11-12,17,19-20H,5-10,13H2,1-4H3. The summed E-state index contributed by atoms with van der Waals surface area (Å²) < 4.78 is 5.54. The predicted octanol–water partition coefficient (Wildman–Crippen LogP) is 3.95. The fraction of sp³-hybridized carbons (Fsp3) is 0.684. The summed E-state index contributed by atoms with van der Waals surface area (Å²) in [5.74, 6) is 0.755. The molecule has 0 aromatic heterocycles. The van der Waals surface area contributed by atoms with Crippen LogP contribution in [0, 0.1) is 26.7 Å². The molecule has 1 atom stereocenters. The van der Waals surface area contributed by atoms with Crippen LogP contribution in [0.25, 0.3) is 0 Å². The quantitative estimate of drug-likeness (QED) is 0.856. The molecule has 0 amide bonds. The average molecular weight is 289 g/mol. The first-order valence-electron chi connectivity index (χ1n) is 8.49. The maximum atomic E-state index is 5.54. The molecular formula is C19H31NO. The molecule has 0 saturated carbocycles. The Balaban J connectivity index is 2.13. The van der Waals surface area contributed by atoms with Gasteiger partial charge in [-0.2, -0.15) is 0 Å². The molecule has 0 spiro atoms. The Morgan fingerprint density at radius 3 is 2.33 bits per heavy atom. The van der Waals surface area contributed by atoms with Crippen molar-refractivity contribution in [3.8, 4) is 0 Å². The first-order valence-corrected chi connectivity index (χ1v) is 8.49. The average Bonchev–Trinajstić information content (AvgIpc) is 2.46. The minimum absolute atomic E-state index is 0.592. The van der Waals surface area contributed by atoms with Crippen molar-refractivity contribution >= 4 is 0 Å². The van der Waals surface area contributed by atoms with Gasteiger partial charge in [0.15, 0.2) is 0 Å². The molecule has 1 aliphatic rings. The number of hydrogen-bond acceptors (Lipinski definition) is 2. The van der Waals surface area contributed by atoms with E-state index in [9.17, 15) is 0 Å². The van der Waals surface area contributed by atoms with E-state index < -0.39 is 0 Å². The SMILES string of the molecule is CCCNC(Cc1c(C)cc(C)cc1C)C1CCOCC1. The highest BCUT2D eigenvalue weighted by Crippen LogP contribution is 2.25. The number of nitrogens with one attached hydrogen (secondary N) is 1. The zero-order valence-corrected chi connectivity index (χ0v) is 14.2. The lowest BCUT2D eigenvalue weighted by atomic mass is 9.85. The molecule has 1 fully saturated rings. The molecule has 118 valence electrons. The molecule has 2 nitrogen and oxygen atoms in total. The van der Waals surface area contributed by atoms with Gasteiger partial charge in [0.1, 0.15) is 0 Å². The van der Waals surface area contributed by atoms with Crippen molar-refractivity contribution in [1.82, 2.24) is 5.32 Å². The molecule has 1 heterocycles. The van der Waals surface area contributed by atoms with Gasteiger partial charge in [0.2, 0.25) is 0 Å². The van der Waals surface area contributed by atoms with Crippen LogP contribution in [0.3, 0.4) is 0 Å². The molecular weight excluding hydrogens is 258 g/mol. The Labute approximate surface area is 130 Å². The maximum Gasteiger partial charge on any atom is 0.0469 e. The van der Waals surface area contributed by atoms with Gasteiger partial charge in [-0.3, -0.25) is 0 Å². The van der Waals surface area contributed by atoms with E-state index in [-0.39, 0.29) is 0 Å². The van der Waals surface area contributed by atoms with E-state index in [4.69, 9.17) is 4.74 Å². The predicted molar refractivity (Wildman–Crippen MR) is 90.0 cm³/mol. The van der Waals surface area contributed by atoms with E-state index in [1.165, 1.54) is 36.0 Å². The fourth-order valence-electron chi connectivity index (χ4n) is 3.61. The van der Waals surface area contributed by atoms with Gasteiger partial charge < -0.3 is 10.1 Å². The van der Waals surface area contributed by atoms with E-state index in [1.807, 2.05) is 0 Å². The van der Waals surface area contributed by atoms with Gasteiger partial charge in [-0.05, 0) is 75.6 Å². The molecule has 1 aliphatic heterocycles. The second-order valence-corrected chi connectivity index (χ2v) is 6.59. The molecule has 1 aromatic rings. The topological polar surface area (TPSA) is 21.3 Å². The van der Waals surface area contributed by atoms with Gasteiger partial charge in [0, 0.05) is 19.3 Å². The number of benzene rings is 1. The fourth-order valence-corrected chi connectivity index (χ4v) is 3.61. The number of hydrogen-bond donors (Lipinski definition) is 1. The minimum atomic E-state index is 0.592. The highest BCUT2D eigenvalue weighted by Gasteiger charge is 2.24. The largest absolute Gasteiger partial charge is 0.381 e. The van der Waals surface area contributed by atoms with Gasteiger partial charge in [0.05, 0.1) is 0 Å². The van der Waals surface area contributed by atoms with Crippen molar-refractivity contribution in [1.29, 1.82) is 0 Å². The van der Waals surface area contributed by atoms with Gasteiger partial charge >= 0.3 is 0 Å². The van der Waals surface area contributed by atoms with Crippen LogP contribution in [0.4, 0.5) is 0 Å². The second-order valence-electron chi connectivity index (χ2n) is 6.59. The lowest BCUT2D eigenvalue weighted by Crippen LogP contribution is -2.41. The minimum Gasteiger partial charge on any atom is -0.381 e. The molecule has 0 bridgehead atoms. The molecule has 2 rings (SSSR count). The van der Waals surface area contributed by atoms with Crippen LogP contribution in [-0.2, 0) is 11.2 Å². The van der Waals surface area contributed by atoms with Crippen LogP contribution >= 0.6 is 0 Å². The number of ether oxygens (including phenoxy) is 1. The van der Waals surface area contributed by atoms with Crippen LogP contribution in [0.2, 0.25) is 0 Å². The second kappa shape index (κ2) is 7.95. The van der Waals surface area contributed by atoms with E-state index in [0.717, 1.165) is 32.1 Å². The van der Waals surface area contributed by atoms with Crippen molar-refractivity contribution in [3.05, 3.63) is 34.4 Å². The summed E-state index contributed by atoms with van der Waals surface area (Å²) in [7, 11) is 0. The zero-order valence-electron chi connectivity index (χ0n) is 14.2. The third kappa shape index (κ3) is 4.55. The Hall–Kier alpha value is -0.860. The summed E-state index contributed by atoms with van der Waals surface area (Å²) in [4.78, 5) is 0. The smallest absolute Gasteiger partial charge is 0.0469 e. The first kappa shape index (κ1) is 16.5. The number of aryl methyl sites for hydroxylation is 3. The Morgan fingerprint density at radius 1 is 1.14 bits per heavy atom. The Morgan fingerprint density at radius 2 is 1.76 bits per heavy atom. The molecule has 0 aliphatic carbocycles. The van der Waals surface area contributed by atoms with Crippen molar-refractivity contribution in [2.45, 2.75) is 59.4 Å². The normalized spacial score (nSPS) is 17.9. The molecule has 0 radical (unpaired) electrons. The number of rotatable bonds is 6. The van der Waals surface area contributed by atoms with Gasteiger partial charge in [0.25, 0.3) is 0 Å². The lowest BCUT2D eigenvalue weighted by molar-refractivity contribution is 0.0537. The molecule has 1 N–H and O–H groups in total. The lowest BCUT2D eigenvalue weighted by Gasteiger charge is -2.32. The van der Waals surface area contributed by atoms with Gasteiger partial charge in [-0.1, -0.05) is 24.6 Å². The van der Waals surface area contributed by atoms with Gasteiger partial charge in [-0.15, -0.1) is 0 Å². The summed E-state index contributed by atoms with van der Waals surface area (Å²) in [6, 6.07) is 5.24. The zero-order chi connectivity index (χ0) is 15.2. The highest BCUT2D eigenvalue weighted by molar-refractivity contribution is 5.38. The first-order chi connectivity index (χ1) is 10.1. The van der Waals surface area contributed by atoms with Gasteiger partial charge in [-0.25, -0.2) is 0 Å². The third-order valence-electron chi connectivity index (χ3n) is 4.76. The van der Waals surface area contributed by atoms with Crippen LogP contribution in [0.1, 0.15) is 48.4 Å². The molecule has 21 heavy (non-hydrogen) atoms. The summed E-state index contributed by atoms with van der Waals surface area (Å²) >= 11 is 0. The van der Waals surface area contributed by atoms with E-state index in [1.54, 1.807) is 5.56 Å². The van der Waals surface area contributed by atoms with E-state index in [0.29, 0.717) is 6.04 Å². The summed E-state index contributed by atoms with van der Waals surface area (Å²) in [6.07, 6.45) is 4.75. The van der Waals surface area contributed by atoms with Crippen molar-refractivity contribution in [2.24, 2.45) is 5.92 Å². The van der Waals surface area contributed by atoms with Crippen LogP contribution < -0.4 is 5.32 Å². The monoisotopic (exact) mass is 289 g/mol. The highest BCUT2D eigenvalue weighted by atomic mass is 16.5. The molecule has 1 aromatic carbocycles. The van der Waals surface area contributed by atoms with Crippen molar-refractivity contribution in [3.63, 3.8) is 0 Å². The third-order valence-corrected chi connectivity index (χ3v) is 4.76. The Kier molecular flexibility index (Phi) is 6.25. The van der Waals surface area contributed by atoms with Crippen molar-refractivity contribution < 1.29 is 4.74 Å². The van der Waals surface area contributed by atoms with Crippen LogP contribution in [-0.4, -0.2) is 25.8 Å². The summed E-state index contributed by atoms with van der Waals surface area (Å²) in [6.45, 7) is 11.9. The molecule has 1 unspecified atom stereocenters.